The summed E-state index contributed by atoms with van der Waals surface area (Å²) < 4.78 is 18.7. The van der Waals surface area contributed by atoms with Crippen molar-refractivity contribution in [2.24, 2.45) is 4.99 Å². The normalized spacial score (nSPS) is 15.5. The maximum Gasteiger partial charge on any atom is 0.338 e. The molecule has 0 fully saturated rings. The van der Waals surface area contributed by atoms with Gasteiger partial charge in [-0.2, -0.15) is 0 Å². The lowest BCUT2D eigenvalue weighted by atomic mass is 9.95. The summed E-state index contributed by atoms with van der Waals surface area (Å²) in [7, 11) is 1.58. The van der Waals surface area contributed by atoms with Crippen molar-refractivity contribution in [3.8, 4) is 11.5 Å². The second-order valence-corrected chi connectivity index (χ2v) is 9.74. The lowest BCUT2D eigenvalue weighted by Crippen LogP contribution is -2.40. The van der Waals surface area contributed by atoms with Crippen molar-refractivity contribution in [1.29, 1.82) is 0 Å². The van der Waals surface area contributed by atoms with Crippen LogP contribution >= 0.6 is 11.3 Å². The Balaban J connectivity index is 1.85. The standard InChI is InChI=1S/C28H30N2O5S/c1-6-14-34-21-12-10-19(11-13-21)15-23-26(31)30-25(20-8-7-9-22(16-20)33-5)24(27(32)35-17(2)3)18(4)29-28(30)36-23/h7-13,15-17,25H,6,14H2,1-5H3/b23-15+/t25-/m0/s1. The number of aromatic nitrogens is 1. The number of fused-ring (bicyclic) bond motifs is 1. The highest BCUT2D eigenvalue weighted by atomic mass is 32.1. The molecule has 3 aromatic rings. The number of hydrogen-bond donors (Lipinski definition) is 0. The predicted octanol–water partition coefficient (Wildman–Crippen LogP) is 3.98. The number of allylic oxidation sites excluding steroid dienone is 1. The number of nitrogens with zero attached hydrogens (tertiary/aromatic N) is 2. The van der Waals surface area contributed by atoms with Gasteiger partial charge in [-0.05, 0) is 68.7 Å². The minimum absolute atomic E-state index is 0.222. The second kappa shape index (κ2) is 11.0. The highest BCUT2D eigenvalue weighted by Gasteiger charge is 2.34. The summed E-state index contributed by atoms with van der Waals surface area (Å²) in [6, 6.07) is 14.3. The molecule has 0 saturated carbocycles. The van der Waals surface area contributed by atoms with Crippen LogP contribution in [0.2, 0.25) is 0 Å². The highest BCUT2D eigenvalue weighted by Crippen LogP contribution is 2.32. The number of rotatable bonds is 8. The molecule has 0 unspecified atom stereocenters. The van der Waals surface area contributed by atoms with Crippen LogP contribution in [0.1, 0.15) is 51.3 Å². The van der Waals surface area contributed by atoms with E-state index in [1.165, 1.54) is 11.3 Å². The Morgan fingerprint density at radius 1 is 1.17 bits per heavy atom. The topological polar surface area (TPSA) is 79.1 Å². The van der Waals surface area contributed by atoms with Crippen LogP contribution in [-0.2, 0) is 9.53 Å². The zero-order valence-corrected chi connectivity index (χ0v) is 21.9. The van der Waals surface area contributed by atoms with E-state index in [1.54, 1.807) is 32.4 Å². The SMILES string of the molecule is CCCOc1ccc(/C=c2/sc3n(c2=O)[C@@H](c2cccc(OC)c2)C(C(=O)OC(C)C)=C(C)N=3)cc1. The van der Waals surface area contributed by atoms with Crippen LogP contribution < -0.4 is 24.4 Å². The molecule has 0 saturated heterocycles. The van der Waals surface area contributed by atoms with E-state index in [0.717, 1.165) is 23.3 Å². The first-order valence-corrected chi connectivity index (χ1v) is 12.7. The Labute approximate surface area is 214 Å². The Kier molecular flexibility index (Phi) is 7.74. The van der Waals surface area contributed by atoms with Crippen molar-refractivity contribution < 1.29 is 19.0 Å². The predicted molar refractivity (Wildman–Crippen MR) is 140 cm³/mol. The van der Waals surface area contributed by atoms with Gasteiger partial charge in [0.25, 0.3) is 5.56 Å². The van der Waals surface area contributed by atoms with Crippen molar-refractivity contribution in [2.45, 2.75) is 46.3 Å². The molecule has 0 bridgehead atoms. The fraction of sp³-hybridized carbons (Fsp3) is 0.321. The molecule has 0 aliphatic carbocycles. The first kappa shape index (κ1) is 25.4. The molecule has 188 valence electrons. The molecule has 1 aliphatic heterocycles. The molecule has 1 aliphatic rings. The Morgan fingerprint density at radius 3 is 2.58 bits per heavy atom. The first-order valence-electron chi connectivity index (χ1n) is 11.9. The van der Waals surface area contributed by atoms with Gasteiger partial charge in [-0.3, -0.25) is 9.36 Å². The number of hydrogen-bond acceptors (Lipinski definition) is 7. The monoisotopic (exact) mass is 506 g/mol. The molecule has 2 aromatic carbocycles. The van der Waals surface area contributed by atoms with Crippen molar-refractivity contribution in [1.82, 2.24) is 4.57 Å². The van der Waals surface area contributed by atoms with E-state index in [0.29, 0.717) is 33.0 Å². The van der Waals surface area contributed by atoms with Crippen molar-refractivity contribution >= 4 is 23.4 Å². The molecule has 8 heteroatoms. The fourth-order valence-corrected chi connectivity index (χ4v) is 5.07. The van der Waals surface area contributed by atoms with Crippen LogP contribution in [0.4, 0.5) is 0 Å². The maximum absolute atomic E-state index is 13.7. The van der Waals surface area contributed by atoms with Crippen molar-refractivity contribution in [3.05, 3.63) is 90.6 Å². The van der Waals surface area contributed by atoms with E-state index in [4.69, 9.17) is 14.2 Å². The van der Waals surface area contributed by atoms with Crippen LogP contribution in [0.3, 0.4) is 0 Å². The van der Waals surface area contributed by atoms with E-state index in [-0.39, 0.29) is 11.7 Å². The quantitative estimate of drug-likeness (QED) is 0.432. The third-order valence-corrected chi connectivity index (χ3v) is 6.63. The number of esters is 1. The zero-order chi connectivity index (χ0) is 25.8. The molecule has 0 radical (unpaired) electrons. The first-order chi connectivity index (χ1) is 17.3. The molecule has 4 rings (SSSR count). The maximum atomic E-state index is 13.7. The number of carbonyl (C=O) groups excluding carboxylic acids is 1. The minimum atomic E-state index is -0.686. The van der Waals surface area contributed by atoms with E-state index < -0.39 is 12.0 Å². The smallest absolute Gasteiger partial charge is 0.338 e. The van der Waals surface area contributed by atoms with Crippen LogP contribution in [-0.4, -0.2) is 30.4 Å². The average molecular weight is 507 g/mol. The summed E-state index contributed by atoms with van der Waals surface area (Å²) in [4.78, 5) is 32.1. The van der Waals surface area contributed by atoms with Crippen LogP contribution in [0.25, 0.3) is 6.08 Å². The number of methoxy groups -OCH3 is 1. The van der Waals surface area contributed by atoms with Gasteiger partial charge in [-0.1, -0.05) is 42.5 Å². The summed E-state index contributed by atoms with van der Waals surface area (Å²) >= 11 is 1.29. The van der Waals surface area contributed by atoms with E-state index in [9.17, 15) is 9.59 Å². The largest absolute Gasteiger partial charge is 0.497 e. The fourth-order valence-electron chi connectivity index (χ4n) is 4.02. The molecule has 0 N–H and O–H groups in total. The summed E-state index contributed by atoms with van der Waals surface area (Å²) in [5, 5.41) is 0. The molecule has 1 aromatic heterocycles. The number of carbonyl (C=O) groups is 1. The molecular formula is C28H30N2O5S. The third-order valence-electron chi connectivity index (χ3n) is 5.64. The Morgan fingerprint density at radius 2 is 1.92 bits per heavy atom. The van der Waals surface area contributed by atoms with Crippen molar-refractivity contribution in [3.63, 3.8) is 0 Å². The zero-order valence-electron chi connectivity index (χ0n) is 21.1. The lowest BCUT2D eigenvalue weighted by Gasteiger charge is -2.25. The Bertz CT molecular complexity index is 1460. The molecule has 0 amide bonds. The number of thiazole rings is 1. The van der Waals surface area contributed by atoms with Gasteiger partial charge in [0.15, 0.2) is 4.80 Å². The van der Waals surface area contributed by atoms with Crippen LogP contribution in [0, 0.1) is 0 Å². The van der Waals surface area contributed by atoms with Gasteiger partial charge >= 0.3 is 5.97 Å². The van der Waals surface area contributed by atoms with Crippen LogP contribution in [0.5, 0.6) is 11.5 Å². The molecule has 36 heavy (non-hydrogen) atoms. The number of ether oxygens (including phenoxy) is 3. The Hall–Kier alpha value is -3.65. The summed E-state index contributed by atoms with van der Waals surface area (Å²) in [6.45, 7) is 8.08. The molecule has 2 heterocycles. The highest BCUT2D eigenvalue weighted by molar-refractivity contribution is 7.07. The van der Waals surface area contributed by atoms with Gasteiger partial charge in [0, 0.05) is 0 Å². The molecule has 7 nitrogen and oxygen atoms in total. The summed E-state index contributed by atoms with van der Waals surface area (Å²) in [5.74, 6) is 0.930. The average Bonchev–Trinajstić information content (AvgIpc) is 3.16. The number of benzene rings is 2. The van der Waals surface area contributed by atoms with E-state index >= 15 is 0 Å². The summed E-state index contributed by atoms with van der Waals surface area (Å²) in [5.41, 5.74) is 2.26. The van der Waals surface area contributed by atoms with Gasteiger partial charge in [0.05, 0.1) is 41.7 Å². The van der Waals surface area contributed by atoms with Gasteiger partial charge in [-0.25, -0.2) is 9.79 Å². The summed E-state index contributed by atoms with van der Waals surface area (Å²) in [6.07, 6.45) is 2.46. The molecular weight excluding hydrogens is 476 g/mol. The van der Waals surface area contributed by atoms with E-state index in [2.05, 4.69) is 11.9 Å². The van der Waals surface area contributed by atoms with Gasteiger partial charge in [-0.15, -0.1) is 0 Å². The van der Waals surface area contributed by atoms with E-state index in [1.807, 2.05) is 54.6 Å². The van der Waals surface area contributed by atoms with Gasteiger partial charge in [0.2, 0.25) is 0 Å². The van der Waals surface area contributed by atoms with Crippen molar-refractivity contribution in [2.75, 3.05) is 13.7 Å². The lowest BCUT2D eigenvalue weighted by molar-refractivity contribution is -0.143. The molecule has 0 spiro atoms. The van der Waals surface area contributed by atoms with Gasteiger partial charge < -0.3 is 14.2 Å². The minimum Gasteiger partial charge on any atom is -0.497 e. The second-order valence-electron chi connectivity index (χ2n) is 8.73. The third kappa shape index (κ3) is 5.28. The van der Waals surface area contributed by atoms with Gasteiger partial charge in [0.1, 0.15) is 11.5 Å². The molecule has 1 atom stereocenters. The van der Waals surface area contributed by atoms with Crippen LogP contribution in [0.15, 0.2) is 69.6 Å².